The third kappa shape index (κ3) is 4.52. The average molecular weight is 326 g/mol. The number of nitrogens with one attached hydrogen (secondary N) is 1. The Morgan fingerprint density at radius 3 is 2.67 bits per heavy atom. The molecule has 0 aliphatic carbocycles. The number of amides is 1. The first-order valence-electron chi connectivity index (χ1n) is 6.61. The van der Waals surface area contributed by atoms with Gasteiger partial charge in [-0.05, 0) is 6.92 Å². The minimum atomic E-state index is -0.156. The smallest absolute Gasteiger partial charge is 0.224 e. The number of hydrogen-bond acceptors (Lipinski definition) is 4. The topological polar surface area (TPSA) is 68.0 Å². The molecule has 0 bridgehead atoms. The number of nitrogens with zero attached hydrogens (tertiary/aromatic N) is 1. The summed E-state index contributed by atoms with van der Waals surface area (Å²) in [6, 6.07) is 10.1. The van der Waals surface area contributed by atoms with Crippen LogP contribution in [0.5, 0.6) is 0 Å². The zero-order valence-corrected chi connectivity index (χ0v) is 13.8. The molecule has 4 nitrogen and oxygen atoms in total. The van der Waals surface area contributed by atoms with Crippen molar-refractivity contribution in [1.29, 1.82) is 0 Å². The predicted molar refractivity (Wildman–Crippen MR) is 89.6 cm³/mol. The lowest BCUT2D eigenvalue weighted by Gasteiger charge is -2.08. The Labute approximate surface area is 135 Å². The molecule has 1 amide bonds. The molecule has 1 aromatic carbocycles. The van der Waals surface area contributed by atoms with Gasteiger partial charge in [-0.2, -0.15) is 0 Å². The molecular weight excluding hydrogens is 306 g/mol. The van der Waals surface area contributed by atoms with E-state index < -0.39 is 0 Å². The molecule has 1 atom stereocenters. The molecular formula is C15H20ClN3OS. The molecule has 2 rings (SSSR count). The van der Waals surface area contributed by atoms with Gasteiger partial charge in [0.2, 0.25) is 5.91 Å². The van der Waals surface area contributed by atoms with Crippen LogP contribution in [0.1, 0.15) is 17.5 Å². The molecule has 0 fully saturated rings. The van der Waals surface area contributed by atoms with Crippen LogP contribution in [0.25, 0.3) is 10.6 Å². The van der Waals surface area contributed by atoms with Crippen molar-refractivity contribution in [3.63, 3.8) is 0 Å². The normalized spacial score (nSPS) is 11.6. The minimum absolute atomic E-state index is 0. The molecule has 0 saturated carbocycles. The molecule has 6 heteroatoms. The van der Waals surface area contributed by atoms with Gasteiger partial charge >= 0.3 is 0 Å². The standard InChI is InChI=1S/C15H19N3OS.ClH/c1-10(8-16)14(19)17-9-13-11(2)18-15(20-13)12-6-4-3-5-7-12;/h3-7,10H,8-9,16H2,1-2H3,(H,17,19);1H. The Kier molecular flexibility index (Phi) is 6.81. The van der Waals surface area contributed by atoms with E-state index >= 15 is 0 Å². The number of hydrogen-bond donors (Lipinski definition) is 2. The van der Waals surface area contributed by atoms with E-state index in [0.717, 1.165) is 21.1 Å². The molecule has 1 heterocycles. The van der Waals surface area contributed by atoms with E-state index in [-0.39, 0.29) is 24.2 Å². The number of carbonyl (C=O) groups is 1. The predicted octanol–water partition coefficient (Wildman–Crippen LogP) is 2.75. The van der Waals surface area contributed by atoms with E-state index in [0.29, 0.717) is 13.1 Å². The van der Waals surface area contributed by atoms with E-state index in [1.54, 1.807) is 11.3 Å². The van der Waals surface area contributed by atoms with Crippen molar-refractivity contribution in [2.45, 2.75) is 20.4 Å². The number of benzene rings is 1. The Hall–Kier alpha value is -1.43. The summed E-state index contributed by atoms with van der Waals surface area (Å²) in [5.41, 5.74) is 7.55. The highest BCUT2D eigenvalue weighted by Gasteiger charge is 2.13. The summed E-state index contributed by atoms with van der Waals surface area (Å²) < 4.78 is 0. The van der Waals surface area contributed by atoms with Crippen LogP contribution in [0.15, 0.2) is 30.3 Å². The highest BCUT2D eigenvalue weighted by atomic mass is 35.5. The molecule has 114 valence electrons. The molecule has 1 unspecified atom stereocenters. The van der Waals surface area contributed by atoms with Crippen LogP contribution in [0.2, 0.25) is 0 Å². The number of aryl methyl sites for hydroxylation is 1. The lowest BCUT2D eigenvalue weighted by molar-refractivity contribution is -0.124. The summed E-state index contributed by atoms with van der Waals surface area (Å²) in [6.45, 7) is 4.67. The van der Waals surface area contributed by atoms with Crippen LogP contribution < -0.4 is 11.1 Å². The highest BCUT2D eigenvalue weighted by Crippen LogP contribution is 2.27. The fraction of sp³-hybridized carbons (Fsp3) is 0.333. The maximum absolute atomic E-state index is 11.7. The van der Waals surface area contributed by atoms with Gasteiger partial charge < -0.3 is 11.1 Å². The Morgan fingerprint density at radius 2 is 2.05 bits per heavy atom. The molecule has 0 aliphatic heterocycles. The first kappa shape index (κ1) is 17.6. The summed E-state index contributed by atoms with van der Waals surface area (Å²) in [5, 5.41) is 3.89. The van der Waals surface area contributed by atoms with E-state index in [1.807, 2.05) is 44.2 Å². The van der Waals surface area contributed by atoms with Crippen LogP contribution in [0, 0.1) is 12.8 Å². The third-order valence-corrected chi connectivity index (χ3v) is 4.34. The van der Waals surface area contributed by atoms with Crippen molar-refractivity contribution >= 4 is 29.7 Å². The number of halogens is 1. The van der Waals surface area contributed by atoms with Gasteiger partial charge in [0.15, 0.2) is 0 Å². The minimum Gasteiger partial charge on any atom is -0.351 e. The van der Waals surface area contributed by atoms with Crippen LogP contribution in [0.3, 0.4) is 0 Å². The van der Waals surface area contributed by atoms with E-state index in [4.69, 9.17) is 5.73 Å². The number of carbonyl (C=O) groups excluding carboxylic acids is 1. The van der Waals surface area contributed by atoms with Crippen molar-refractivity contribution < 1.29 is 4.79 Å². The maximum Gasteiger partial charge on any atom is 0.224 e. The van der Waals surface area contributed by atoms with Crippen molar-refractivity contribution in [2.75, 3.05) is 6.54 Å². The van der Waals surface area contributed by atoms with Gasteiger partial charge in [0.1, 0.15) is 5.01 Å². The fourth-order valence-electron chi connectivity index (χ4n) is 1.74. The molecule has 3 N–H and O–H groups in total. The third-order valence-electron chi connectivity index (χ3n) is 3.14. The number of nitrogens with two attached hydrogens (primary N) is 1. The van der Waals surface area contributed by atoms with Gasteiger partial charge in [-0.1, -0.05) is 37.3 Å². The van der Waals surface area contributed by atoms with E-state index in [2.05, 4.69) is 10.3 Å². The second-order valence-corrected chi connectivity index (χ2v) is 5.83. The van der Waals surface area contributed by atoms with Crippen LogP contribution >= 0.6 is 23.7 Å². The summed E-state index contributed by atoms with van der Waals surface area (Å²) >= 11 is 1.62. The number of aromatic nitrogens is 1. The Bertz CT molecular complexity index is 586. The molecule has 0 saturated heterocycles. The van der Waals surface area contributed by atoms with E-state index in [1.165, 1.54) is 0 Å². The van der Waals surface area contributed by atoms with E-state index in [9.17, 15) is 4.79 Å². The molecule has 2 aromatic rings. The van der Waals surface area contributed by atoms with Gasteiger partial charge in [0, 0.05) is 22.9 Å². The zero-order valence-electron chi connectivity index (χ0n) is 12.1. The Balaban J connectivity index is 0.00000220. The van der Waals surface area contributed by atoms with Crippen molar-refractivity contribution in [3.8, 4) is 10.6 Å². The second-order valence-electron chi connectivity index (χ2n) is 4.75. The molecule has 0 aliphatic rings. The Morgan fingerprint density at radius 1 is 1.38 bits per heavy atom. The van der Waals surface area contributed by atoms with Crippen molar-refractivity contribution in [2.24, 2.45) is 11.7 Å². The van der Waals surface area contributed by atoms with Gasteiger partial charge in [-0.15, -0.1) is 23.7 Å². The fourth-order valence-corrected chi connectivity index (χ4v) is 2.75. The van der Waals surface area contributed by atoms with Gasteiger partial charge in [-0.3, -0.25) is 4.79 Å². The molecule has 0 radical (unpaired) electrons. The first-order valence-corrected chi connectivity index (χ1v) is 7.43. The van der Waals surface area contributed by atoms with Crippen LogP contribution in [0.4, 0.5) is 0 Å². The zero-order chi connectivity index (χ0) is 14.5. The molecule has 1 aromatic heterocycles. The largest absolute Gasteiger partial charge is 0.351 e. The maximum atomic E-state index is 11.7. The molecule has 0 spiro atoms. The SMILES string of the molecule is Cc1nc(-c2ccccc2)sc1CNC(=O)C(C)CN.Cl. The van der Waals surface area contributed by atoms with Gasteiger partial charge in [0.05, 0.1) is 12.2 Å². The van der Waals surface area contributed by atoms with Crippen LogP contribution in [-0.4, -0.2) is 17.4 Å². The average Bonchev–Trinajstić information content (AvgIpc) is 2.86. The summed E-state index contributed by atoms with van der Waals surface area (Å²) in [4.78, 5) is 17.4. The van der Waals surface area contributed by atoms with Crippen molar-refractivity contribution in [1.82, 2.24) is 10.3 Å². The second kappa shape index (κ2) is 8.12. The number of rotatable bonds is 5. The number of thiazole rings is 1. The quantitative estimate of drug-likeness (QED) is 0.888. The summed E-state index contributed by atoms with van der Waals surface area (Å²) in [5.74, 6) is -0.168. The molecule has 21 heavy (non-hydrogen) atoms. The van der Waals surface area contributed by atoms with Gasteiger partial charge in [-0.25, -0.2) is 4.98 Å². The van der Waals surface area contributed by atoms with Crippen LogP contribution in [-0.2, 0) is 11.3 Å². The highest BCUT2D eigenvalue weighted by molar-refractivity contribution is 7.15. The first-order chi connectivity index (χ1) is 9.61. The van der Waals surface area contributed by atoms with Gasteiger partial charge in [0.25, 0.3) is 0 Å². The lowest BCUT2D eigenvalue weighted by atomic mass is 10.2. The lowest BCUT2D eigenvalue weighted by Crippen LogP contribution is -2.32. The summed E-state index contributed by atoms with van der Waals surface area (Å²) in [6.07, 6.45) is 0. The monoisotopic (exact) mass is 325 g/mol. The summed E-state index contributed by atoms with van der Waals surface area (Å²) in [7, 11) is 0. The van der Waals surface area contributed by atoms with Crippen molar-refractivity contribution in [3.05, 3.63) is 40.9 Å².